The number of carbonyl (C=O) groups excluding carboxylic acids is 1. The molecular weight excluding hydrogens is 233 g/mol. The zero-order valence-corrected chi connectivity index (χ0v) is 9.77. The number of nitrogens with one attached hydrogen (secondary N) is 1. The van der Waals surface area contributed by atoms with Crippen LogP contribution in [0.5, 0.6) is 0 Å². The number of hydrogen-bond donors (Lipinski definition) is 2. The molecule has 0 fully saturated rings. The molecule has 0 atom stereocenters. The summed E-state index contributed by atoms with van der Waals surface area (Å²) in [5.74, 6) is -1.06. The van der Waals surface area contributed by atoms with Gasteiger partial charge in [-0.1, -0.05) is 12.1 Å². The Hall–Kier alpha value is -2.43. The Balaban J connectivity index is 2.27. The van der Waals surface area contributed by atoms with Gasteiger partial charge >= 0.3 is 0 Å². The summed E-state index contributed by atoms with van der Waals surface area (Å²) >= 11 is 0. The van der Waals surface area contributed by atoms with Crippen LogP contribution >= 0.6 is 0 Å². The SMILES string of the molecule is Cc1cccc(C(=O)Nc2c(N)cccc2F)n1. The highest BCUT2D eigenvalue weighted by molar-refractivity contribution is 6.04. The van der Waals surface area contributed by atoms with Crippen LogP contribution in [0.2, 0.25) is 0 Å². The third-order valence-electron chi connectivity index (χ3n) is 2.41. The van der Waals surface area contributed by atoms with Gasteiger partial charge in [0, 0.05) is 5.69 Å². The van der Waals surface area contributed by atoms with E-state index in [4.69, 9.17) is 5.73 Å². The molecule has 92 valence electrons. The molecule has 1 heterocycles. The van der Waals surface area contributed by atoms with Crippen molar-refractivity contribution in [3.8, 4) is 0 Å². The number of anilines is 2. The minimum Gasteiger partial charge on any atom is -0.397 e. The summed E-state index contributed by atoms with van der Waals surface area (Å²) in [6, 6.07) is 9.26. The van der Waals surface area contributed by atoms with Crippen molar-refractivity contribution in [1.29, 1.82) is 0 Å². The Labute approximate surface area is 104 Å². The third-order valence-corrected chi connectivity index (χ3v) is 2.41. The Bertz CT molecular complexity index is 578. The Kier molecular flexibility index (Phi) is 3.23. The normalized spacial score (nSPS) is 10.1. The van der Waals surface area contributed by atoms with E-state index in [1.165, 1.54) is 18.2 Å². The first-order chi connectivity index (χ1) is 8.58. The number of nitrogens with two attached hydrogens (primary N) is 1. The number of benzene rings is 1. The zero-order chi connectivity index (χ0) is 13.1. The monoisotopic (exact) mass is 245 g/mol. The predicted molar refractivity (Wildman–Crippen MR) is 67.7 cm³/mol. The highest BCUT2D eigenvalue weighted by atomic mass is 19.1. The Morgan fingerprint density at radius 3 is 2.67 bits per heavy atom. The number of aromatic nitrogens is 1. The molecule has 0 aliphatic carbocycles. The van der Waals surface area contributed by atoms with E-state index in [9.17, 15) is 9.18 Å². The number of rotatable bonds is 2. The molecule has 0 unspecified atom stereocenters. The molecule has 0 aliphatic heterocycles. The van der Waals surface area contributed by atoms with Crippen molar-refractivity contribution in [3.05, 3.63) is 53.6 Å². The van der Waals surface area contributed by atoms with E-state index >= 15 is 0 Å². The highest BCUT2D eigenvalue weighted by Gasteiger charge is 2.12. The molecule has 0 aliphatic rings. The lowest BCUT2D eigenvalue weighted by molar-refractivity contribution is 0.102. The quantitative estimate of drug-likeness (QED) is 0.798. The summed E-state index contributed by atoms with van der Waals surface area (Å²) in [7, 11) is 0. The van der Waals surface area contributed by atoms with Crippen molar-refractivity contribution in [2.45, 2.75) is 6.92 Å². The number of halogens is 1. The van der Waals surface area contributed by atoms with Crippen LogP contribution in [0.25, 0.3) is 0 Å². The molecule has 2 aromatic rings. The van der Waals surface area contributed by atoms with Crippen LogP contribution in [-0.2, 0) is 0 Å². The van der Waals surface area contributed by atoms with Crippen molar-refractivity contribution < 1.29 is 9.18 Å². The minimum atomic E-state index is -0.573. The van der Waals surface area contributed by atoms with Crippen LogP contribution in [0, 0.1) is 12.7 Å². The summed E-state index contributed by atoms with van der Waals surface area (Å²) in [5.41, 5.74) is 6.69. The summed E-state index contributed by atoms with van der Waals surface area (Å²) in [5, 5.41) is 2.42. The molecule has 0 radical (unpaired) electrons. The van der Waals surface area contributed by atoms with Crippen LogP contribution in [0.3, 0.4) is 0 Å². The number of aryl methyl sites for hydroxylation is 1. The molecule has 1 amide bonds. The number of carbonyl (C=O) groups is 1. The van der Waals surface area contributed by atoms with Gasteiger partial charge in [-0.2, -0.15) is 0 Å². The molecule has 0 saturated heterocycles. The van der Waals surface area contributed by atoms with Gasteiger partial charge in [-0.25, -0.2) is 9.37 Å². The lowest BCUT2D eigenvalue weighted by Gasteiger charge is -2.08. The second-order valence-corrected chi connectivity index (χ2v) is 3.82. The fourth-order valence-corrected chi connectivity index (χ4v) is 1.52. The fourth-order valence-electron chi connectivity index (χ4n) is 1.52. The van der Waals surface area contributed by atoms with E-state index in [2.05, 4.69) is 10.3 Å². The van der Waals surface area contributed by atoms with Crippen molar-refractivity contribution in [3.63, 3.8) is 0 Å². The molecule has 18 heavy (non-hydrogen) atoms. The van der Waals surface area contributed by atoms with Gasteiger partial charge in [-0.15, -0.1) is 0 Å². The maximum atomic E-state index is 13.5. The van der Waals surface area contributed by atoms with Gasteiger partial charge in [-0.3, -0.25) is 4.79 Å². The molecule has 5 heteroatoms. The van der Waals surface area contributed by atoms with Gasteiger partial charge < -0.3 is 11.1 Å². The molecule has 4 nitrogen and oxygen atoms in total. The summed E-state index contributed by atoms with van der Waals surface area (Å²) in [6.07, 6.45) is 0. The number of nitrogen functional groups attached to an aromatic ring is 1. The molecule has 0 bridgehead atoms. The predicted octanol–water partition coefficient (Wildman–Crippen LogP) is 2.36. The van der Waals surface area contributed by atoms with E-state index in [0.717, 1.165) is 0 Å². The van der Waals surface area contributed by atoms with E-state index in [0.29, 0.717) is 5.69 Å². The van der Waals surface area contributed by atoms with Gasteiger partial charge in [0.25, 0.3) is 5.91 Å². The molecule has 0 spiro atoms. The van der Waals surface area contributed by atoms with Gasteiger partial charge in [0.2, 0.25) is 0 Å². The maximum Gasteiger partial charge on any atom is 0.274 e. The van der Waals surface area contributed by atoms with Crippen molar-refractivity contribution >= 4 is 17.3 Å². The molecular formula is C13H12FN3O. The minimum absolute atomic E-state index is 0.0224. The maximum absolute atomic E-state index is 13.5. The van der Waals surface area contributed by atoms with E-state index in [-0.39, 0.29) is 17.1 Å². The number of para-hydroxylation sites is 1. The molecule has 1 aromatic heterocycles. The van der Waals surface area contributed by atoms with Crippen LogP contribution in [-0.4, -0.2) is 10.9 Å². The van der Waals surface area contributed by atoms with Gasteiger partial charge in [0.1, 0.15) is 17.2 Å². The van der Waals surface area contributed by atoms with Crippen LogP contribution in [0.15, 0.2) is 36.4 Å². The number of amides is 1. The standard InChI is InChI=1S/C13H12FN3O/c1-8-4-2-7-11(16-8)13(18)17-12-9(14)5-3-6-10(12)15/h2-7H,15H2,1H3,(H,17,18). The third kappa shape index (κ3) is 2.45. The Morgan fingerprint density at radius 2 is 2.00 bits per heavy atom. The van der Waals surface area contributed by atoms with Crippen LogP contribution in [0.1, 0.15) is 16.2 Å². The molecule has 3 N–H and O–H groups in total. The van der Waals surface area contributed by atoms with E-state index in [1.54, 1.807) is 25.1 Å². The smallest absolute Gasteiger partial charge is 0.274 e. The first-order valence-electron chi connectivity index (χ1n) is 5.37. The van der Waals surface area contributed by atoms with E-state index in [1.807, 2.05) is 0 Å². The average Bonchev–Trinajstić information content (AvgIpc) is 2.34. The highest BCUT2D eigenvalue weighted by Crippen LogP contribution is 2.22. The lowest BCUT2D eigenvalue weighted by atomic mass is 10.2. The van der Waals surface area contributed by atoms with Crippen molar-refractivity contribution in [2.24, 2.45) is 0 Å². The zero-order valence-electron chi connectivity index (χ0n) is 9.77. The van der Waals surface area contributed by atoms with Crippen molar-refractivity contribution in [2.75, 3.05) is 11.1 Å². The first kappa shape index (κ1) is 12.0. The molecule has 1 aromatic carbocycles. The number of nitrogens with zero attached hydrogens (tertiary/aromatic N) is 1. The average molecular weight is 245 g/mol. The topological polar surface area (TPSA) is 68.0 Å². The second kappa shape index (κ2) is 4.83. The van der Waals surface area contributed by atoms with Gasteiger partial charge in [-0.05, 0) is 31.2 Å². The second-order valence-electron chi connectivity index (χ2n) is 3.82. The van der Waals surface area contributed by atoms with Crippen LogP contribution in [0.4, 0.5) is 15.8 Å². The first-order valence-corrected chi connectivity index (χ1v) is 5.37. The van der Waals surface area contributed by atoms with Gasteiger partial charge in [0.05, 0.1) is 5.69 Å². The van der Waals surface area contributed by atoms with E-state index < -0.39 is 11.7 Å². The fraction of sp³-hybridized carbons (Fsp3) is 0.0769. The Morgan fingerprint density at radius 1 is 1.28 bits per heavy atom. The van der Waals surface area contributed by atoms with Crippen LogP contribution < -0.4 is 11.1 Å². The molecule has 2 rings (SSSR count). The van der Waals surface area contributed by atoms with Gasteiger partial charge in [0.15, 0.2) is 0 Å². The number of hydrogen-bond acceptors (Lipinski definition) is 3. The number of pyridine rings is 1. The van der Waals surface area contributed by atoms with Crippen molar-refractivity contribution in [1.82, 2.24) is 4.98 Å². The summed E-state index contributed by atoms with van der Waals surface area (Å²) in [4.78, 5) is 15.9. The summed E-state index contributed by atoms with van der Waals surface area (Å²) in [6.45, 7) is 1.77. The summed E-state index contributed by atoms with van der Waals surface area (Å²) < 4.78 is 13.5. The lowest BCUT2D eigenvalue weighted by Crippen LogP contribution is -2.16. The molecule has 0 saturated carbocycles. The largest absolute Gasteiger partial charge is 0.397 e.